The molecule has 0 radical (unpaired) electrons. The minimum absolute atomic E-state index is 0.108. The van der Waals surface area contributed by atoms with Crippen LogP contribution in [0.25, 0.3) is 0 Å². The molecule has 0 aliphatic carbocycles. The van der Waals surface area contributed by atoms with Crippen molar-refractivity contribution < 1.29 is 13.5 Å². The fraction of sp³-hybridized carbons (Fsp3) is 0.200. The second-order valence-electron chi connectivity index (χ2n) is 4.07. The van der Waals surface area contributed by atoms with Crippen LogP contribution in [-0.4, -0.2) is 5.33 Å². The Kier molecular flexibility index (Phi) is 5.05. The van der Waals surface area contributed by atoms with Crippen LogP contribution in [0, 0.1) is 11.6 Å². The summed E-state index contributed by atoms with van der Waals surface area (Å²) in [6.45, 7) is 0.108. The Bertz CT molecular complexity index is 545. The summed E-state index contributed by atoms with van der Waals surface area (Å²) in [4.78, 5) is 0. The van der Waals surface area contributed by atoms with Gasteiger partial charge in [0.05, 0.1) is 12.7 Å². The number of hydrogen-bond donors (Lipinski definition) is 0. The van der Waals surface area contributed by atoms with Gasteiger partial charge in [0.2, 0.25) is 0 Å². The summed E-state index contributed by atoms with van der Waals surface area (Å²) in [5, 5.41) is 0.447. The summed E-state index contributed by atoms with van der Waals surface area (Å²) in [7, 11) is 0. The molecular formula is C15H13BrF2O. The van der Waals surface area contributed by atoms with E-state index in [9.17, 15) is 8.78 Å². The molecule has 0 spiro atoms. The van der Waals surface area contributed by atoms with Crippen molar-refractivity contribution in [2.45, 2.75) is 12.7 Å². The molecule has 0 amide bonds. The topological polar surface area (TPSA) is 9.23 Å². The summed E-state index contributed by atoms with van der Waals surface area (Å²) in [6, 6.07) is 12.8. The van der Waals surface area contributed by atoms with E-state index in [2.05, 4.69) is 15.9 Å². The lowest BCUT2D eigenvalue weighted by Crippen LogP contribution is -2.08. The van der Waals surface area contributed by atoms with E-state index < -0.39 is 6.10 Å². The zero-order chi connectivity index (χ0) is 13.7. The van der Waals surface area contributed by atoms with E-state index in [1.54, 1.807) is 36.4 Å². The fourth-order valence-corrected chi connectivity index (χ4v) is 2.30. The summed E-state index contributed by atoms with van der Waals surface area (Å²) in [5.74, 6) is -0.634. The number of hydrogen-bond acceptors (Lipinski definition) is 1. The zero-order valence-electron chi connectivity index (χ0n) is 10.2. The normalized spacial score (nSPS) is 12.4. The van der Waals surface area contributed by atoms with Gasteiger partial charge in [-0.2, -0.15) is 0 Å². The Balaban J connectivity index is 2.09. The maximum Gasteiger partial charge on any atom is 0.129 e. The second kappa shape index (κ2) is 6.78. The van der Waals surface area contributed by atoms with Crippen LogP contribution in [0.1, 0.15) is 17.2 Å². The van der Waals surface area contributed by atoms with E-state index in [1.165, 1.54) is 12.1 Å². The second-order valence-corrected chi connectivity index (χ2v) is 4.71. The molecule has 100 valence electrons. The smallest absolute Gasteiger partial charge is 0.129 e. The van der Waals surface area contributed by atoms with Crippen LogP contribution >= 0.6 is 15.9 Å². The molecule has 0 saturated heterocycles. The molecule has 1 atom stereocenters. The molecule has 0 N–H and O–H groups in total. The predicted molar refractivity (Wildman–Crippen MR) is 74.1 cm³/mol. The molecule has 1 nitrogen and oxygen atoms in total. The summed E-state index contributed by atoms with van der Waals surface area (Å²) in [5.41, 5.74) is 0.931. The molecule has 0 aliphatic rings. The van der Waals surface area contributed by atoms with Gasteiger partial charge in [0.1, 0.15) is 11.6 Å². The van der Waals surface area contributed by atoms with Crippen molar-refractivity contribution in [3.05, 3.63) is 71.3 Å². The Labute approximate surface area is 119 Å². The largest absolute Gasteiger partial charge is 0.368 e. The number of benzene rings is 2. The van der Waals surface area contributed by atoms with E-state index in [1.807, 2.05) is 0 Å². The fourth-order valence-electron chi connectivity index (χ4n) is 1.76. The molecule has 0 bridgehead atoms. The number of rotatable bonds is 5. The first-order valence-electron chi connectivity index (χ1n) is 5.87. The van der Waals surface area contributed by atoms with E-state index in [0.717, 1.165) is 0 Å². The summed E-state index contributed by atoms with van der Waals surface area (Å²) < 4.78 is 32.7. The SMILES string of the molecule is Fc1ccccc1COC(CBr)c1ccccc1F. The average molecular weight is 327 g/mol. The lowest BCUT2D eigenvalue weighted by atomic mass is 10.1. The minimum Gasteiger partial charge on any atom is -0.368 e. The Morgan fingerprint density at radius 2 is 1.58 bits per heavy atom. The lowest BCUT2D eigenvalue weighted by molar-refractivity contribution is 0.0526. The molecule has 0 heterocycles. The van der Waals surface area contributed by atoms with Crippen LogP contribution in [0.2, 0.25) is 0 Å². The molecule has 2 rings (SSSR count). The number of alkyl halides is 1. The van der Waals surface area contributed by atoms with Crippen LogP contribution < -0.4 is 0 Å². The third-order valence-electron chi connectivity index (χ3n) is 2.79. The molecule has 19 heavy (non-hydrogen) atoms. The van der Waals surface area contributed by atoms with Crippen molar-refractivity contribution in [1.29, 1.82) is 0 Å². The van der Waals surface area contributed by atoms with Gasteiger partial charge in [-0.15, -0.1) is 0 Å². The van der Waals surface area contributed by atoms with E-state index in [-0.39, 0.29) is 18.2 Å². The highest BCUT2D eigenvalue weighted by molar-refractivity contribution is 9.09. The van der Waals surface area contributed by atoms with E-state index in [4.69, 9.17) is 4.74 Å². The third-order valence-corrected chi connectivity index (χ3v) is 3.38. The molecule has 0 fully saturated rings. The Hall–Kier alpha value is -1.26. The van der Waals surface area contributed by atoms with Gasteiger partial charge >= 0.3 is 0 Å². The first-order chi connectivity index (χ1) is 9.22. The molecule has 4 heteroatoms. The Morgan fingerprint density at radius 1 is 0.947 bits per heavy atom. The standard InChI is InChI=1S/C15H13BrF2O/c16-9-15(12-6-2-4-8-14(12)18)19-10-11-5-1-3-7-13(11)17/h1-8,15H,9-10H2. The number of ether oxygens (including phenoxy) is 1. The van der Waals surface area contributed by atoms with Crippen molar-refractivity contribution in [3.63, 3.8) is 0 Å². The van der Waals surface area contributed by atoms with Crippen molar-refractivity contribution in [1.82, 2.24) is 0 Å². The van der Waals surface area contributed by atoms with Crippen LogP contribution in [0.5, 0.6) is 0 Å². The van der Waals surface area contributed by atoms with Crippen molar-refractivity contribution in [2.75, 3.05) is 5.33 Å². The van der Waals surface area contributed by atoms with Crippen LogP contribution in [0.3, 0.4) is 0 Å². The van der Waals surface area contributed by atoms with Crippen molar-refractivity contribution in [2.24, 2.45) is 0 Å². The molecule has 0 saturated carbocycles. The molecule has 0 aliphatic heterocycles. The molecular weight excluding hydrogens is 314 g/mol. The third kappa shape index (κ3) is 3.61. The molecule has 2 aromatic carbocycles. The Morgan fingerprint density at radius 3 is 2.21 bits per heavy atom. The van der Waals surface area contributed by atoms with E-state index in [0.29, 0.717) is 16.5 Å². The van der Waals surface area contributed by atoms with Crippen molar-refractivity contribution >= 4 is 15.9 Å². The van der Waals surface area contributed by atoms with E-state index >= 15 is 0 Å². The first-order valence-corrected chi connectivity index (χ1v) is 7.00. The predicted octanol–water partition coefficient (Wildman–Crippen LogP) is 4.62. The first kappa shape index (κ1) is 14.2. The molecule has 2 aromatic rings. The van der Waals surface area contributed by atoms with Gasteiger partial charge in [0.25, 0.3) is 0 Å². The van der Waals surface area contributed by atoms with Crippen LogP contribution in [-0.2, 0) is 11.3 Å². The van der Waals surface area contributed by atoms with Gasteiger partial charge < -0.3 is 4.74 Å². The van der Waals surface area contributed by atoms with Gasteiger partial charge in [0.15, 0.2) is 0 Å². The van der Waals surface area contributed by atoms with Gasteiger partial charge in [-0.3, -0.25) is 0 Å². The minimum atomic E-state index is -0.444. The zero-order valence-corrected chi connectivity index (χ0v) is 11.7. The van der Waals surface area contributed by atoms with Crippen LogP contribution in [0.4, 0.5) is 8.78 Å². The summed E-state index contributed by atoms with van der Waals surface area (Å²) in [6.07, 6.45) is -0.444. The quantitative estimate of drug-likeness (QED) is 0.728. The van der Waals surface area contributed by atoms with Gasteiger partial charge in [0, 0.05) is 16.5 Å². The maximum atomic E-state index is 13.7. The maximum absolute atomic E-state index is 13.7. The summed E-state index contributed by atoms with van der Waals surface area (Å²) >= 11 is 3.29. The highest BCUT2D eigenvalue weighted by Gasteiger charge is 2.15. The molecule has 0 aromatic heterocycles. The number of halogens is 3. The van der Waals surface area contributed by atoms with Gasteiger partial charge in [-0.05, 0) is 12.1 Å². The van der Waals surface area contributed by atoms with Crippen molar-refractivity contribution in [3.8, 4) is 0 Å². The van der Waals surface area contributed by atoms with Gasteiger partial charge in [-0.25, -0.2) is 8.78 Å². The highest BCUT2D eigenvalue weighted by Crippen LogP contribution is 2.24. The highest BCUT2D eigenvalue weighted by atomic mass is 79.9. The average Bonchev–Trinajstić information content (AvgIpc) is 2.43. The van der Waals surface area contributed by atoms with Crippen LogP contribution in [0.15, 0.2) is 48.5 Å². The monoisotopic (exact) mass is 326 g/mol. The van der Waals surface area contributed by atoms with Gasteiger partial charge in [-0.1, -0.05) is 52.3 Å². The lowest BCUT2D eigenvalue weighted by Gasteiger charge is -2.16. The molecule has 1 unspecified atom stereocenters.